The molecule has 0 spiro atoms. The number of hydrogen-bond donors (Lipinski definition) is 1. The summed E-state index contributed by atoms with van der Waals surface area (Å²) in [7, 11) is 1.64. The van der Waals surface area contributed by atoms with Crippen molar-refractivity contribution in [3.8, 4) is 0 Å². The van der Waals surface area contributed by atoms with E-state index in [-0.39, 0.29) is 5.91 Å². The van der Waals surface area contributed by atoms with Crippen molar-refractivity contribution in [3.63, 3.8) is 0 Å². The highest BCUT2D eigenvalue weighted by Gasteiger charge is 2.20. The molecule has 1 rings (SSSR count). The summed E-state index contributed by atoms with van der Waals surface area (Å²) in [5.74, 6) is 0.505. The molecule has 1 aliphatic heterocycles. The number of rotatable bonds is 0. The summed E-state index contributed by atoms with van der Waals surface area (Å²) in [6.45, 7) is 0. The Kier molecular flexibility index (Phi) is 1.04. The highest BCUT2D eigenvalue weighted by atomic mass is 16.2. The predicted octanol–water partition coefficient (Wildman–Crippen LogP) is 0.216. The van der Waals surface area contributed by atoms with Gasteiger partial charge in [-0.2, -0.15) is 0 Å². The van der Waals surface area contributed by atoms with Crippen molar-refractivity contribution in [1.29, 1.82) is 5.41 Å². The molecule has 3 heteroatoms. The monoisotopic (exact) mass is 112 g/mol. The van der Waals surface area contributed by atoms with Gasteiger partial charge in [-0.1, -0.05) is 0 Å². The summed E-state index contributed by atoms with van der Waals surface area (Å²) in [6, 6.07) is 0. The van der Waals surface area contributed by atoms with Crippen LogP contribution < -0.4 is 0 Å². The van der Waals surface area contributed by atoms with Crippen LogP contribution in [-0.2, 0) is 4.79 Å². The summed E-state index contributed by atoms with van der Waals surface area (Å²) in [5, 5.41) is 7.09. The molecule has 8 heavy (non-hydrogen) atoms. The average molecular weight is 112 g/mol. The second-order valence-corrected chi connectivity index (χ2v) is 1.90. The molecule has 1 saturated heterocycles. The largest absolute Gasteiger partial charge is 0.304 e. The first-order valence-electron chi connectivity index (χ1n) is 2.56. The van der Waals surface area contributed by atoms with Crippen molar-refractivity contribution in [3.05, 3.63) is 0 Å². The zero-order chi connectivity index (χ0) is 6.15. The van der Waals surface area contributed by atoms with Gasteiger partial charge >= 0.3 is 0 Å². The second kappa shape index (κ2) is 1.58. The molecule has 0 radical (unpaired) electrons. The van der Waals surface area contributed by atoms with E-state index in [0.717, 1.165) is 0 Å². The number of nitrogens with zero attached hydrogens (tertiary/aromatic N) is 1. The van der Waals surface area contributed by atoms with Gasteiger partial charge in [0.15, 0.2) is 0 Å². The van der Waals surface area contributed by atoms with Crippen LogP contribution >= 0.6 is 0 Å². The van der Waals surface area contributed by atoms with Crippen molar-refractivity contribution in [2.75, 3.05) is 7.05 Å². The number of hydrogen-bond acceptors (Lipinski definition) is 2. The van der Waals surface area contributed by atoms with Crippen LogP contribution in [0.15, 0.2) is 0 Å². The van der Waals surface area contributed by atoms with Gasteiger partial charge in [-0.05, 0) is 0 Å². The van der Waals surface area contributed by atoms with Crippen LogP contribution in [0.25, 0.3) is 0 Å². The number of amidine groups is 1. The number of carbonyl (C=O) groups is 1. The Hall–Kier alpha value is -0.860. The van der Waals surface area contributed by atoms with E-state index >= 15 is 0 Å². The first kappa shape index (κ1) is 5.28. The third-order valence-corrected chi connectivity index (χ3v) is 1.35. The van der Waals surface area contributed by atoms with E-state index in [9.17, 15) is 4.79 Å². The fourth-order valence-electron chi connectivity index (χ4n) is 0.711. The Balaban J connectivity index is 2.70. The molecular weight excluding hydrogens is 104 g/mol. The van der Waals surface area contributed by atoms with E-state index in [0.29, 0.717) is 18.7 Å². The van der Waals surface area contributed by atoms with Crippen molar-refractivity contribution in [2.24, 2.45) is 0 Å². The fraction of sp³-hybridized carbons (Fsp3) is 0.600. The first-order valence-corrected chi connectivity index (χ1v) is 2.56. The molecule has 1 amide bonds. The molecule has 1 heterocycles. The van der Waals surface area contributed by atoms with Gasteiger partial charge in [0.25, 0.3) is 0 Å². The highest BCUT2D eigenvalue weighted by Crippen LogP contribution is 2.07. The second-order valence-electron chi connectivity index (χ2n) is 1.90. The summed E-state index contributed by atoms with van der Waals surface area (Å²) >= 11 is 0. The maximum absolute atomic E-state index is 10.6. The SMILES string of the molecule is CN1C(=N)CCC1=O. The standard InChI is InChI=1S/C5H8N2O/c1-7-4(6)2-3-5(7)8/h6H,2-3H2,1H3. The van der Waals surface area contributed by atoms with Gasteiger partial charge in [-0.3, -0.25) is 10.2 Å². The highest BCUT2D eigenvalue weighted by molar-refractivity contribution is 6.02. The molecule has 0 aromatic rings. The Morgan fingerprint density at radius 2 is 2.25 bits per heavy atom. The Labute approximate surface area is 47.8 Å². The van der Waals surface area contributed by atoms with Crippen molar-refractivity contribution in [1.82, 2.24) is 4.90 Å². The summed E-state index contributed by atoms with van der Waals surface area (Å²) in [6.07, 6.45) is 1.14. The molecule has 0 atom stereocenters. The Morgan fingerprint density at radius 3 is 2.38 bits per heavy atom. The summed E-state index contributed by atoms with van der Waals surface area (Å²) in [4.78, 5) is 12.0. The van der Waals surface area contributed by atoms with Crippen LogP contribution in [-0.4, -0.2) is 23.7 Å². The van der Waals surface area contributed by atoms with Gasteiger partial charge in [0.1, 0.15) is 5.84 Å². The summed E-state index contributed by atoms with van der Waals surface area (Å²) < 4.78 is 0. The third kappa shape index (κ3) is 0.598. The van der Waals surface area contributed by atoms with Gasteiger partial charge in [-0.25, -0.2) is 0 Å². The summed E-state index contributed by atoms with van der Waals surface area (Å²) in [5.41, 5.74) is 0. The predicted molar refractivity (Wildman–Crippen MR) is 29.7 cm³/mol. The molecule has 0 aromatic heterocycles. The smallest absolute Gasteiger partial charge is 0.228 e. The third-order valence-electron chi connectivity index (χ3n) is 1.35. The Morgan fingerprint density at radius 1 is 1.62 bits per heavy atom. The molecule has 0 bridgehead atoms. The normalized spacial score (nSPS) is 20.4. The van der Waals surface area contributed by atoms with Gasteiger partial charge in [0.2, 0.25) is 5.91 Å². The Bertz CT molecular complexity index is 125. The number of likely N-dealkylation sites (tertiary alicyclic amines) is 1. The van der Waals surface area contributed by atoms with Crippen LogP contribution in [0.5, 0.6) is 0 Å². The lowest BCUT2D eigenvalue weighted by atomic mass is 10.4. The lowest BCUT2D eigenvalue weighted by Gasteiger charge is -2.04. The molecule has 0 aromatic carbocycles. The minimum atomic E-state index is 0.0648. The van der Waals surface area contributed by atoms with E-state index in [2.05, 4.69) is 0 Å². The van der Waals surface area contributed by atoms with Crippen LogP contribution in [0, 0.1) is 5.41 Å². The van der Waals surface area contributed by atoms with Crippen molar-refractivity contribution < 1.29 is 4.79 Å². The van der Waals surface area contributed by atoms with Crippen LogP contribution in [0.2, 0.25) is 0 Å². The quantitative estimate of drug-likeness (QED) is 0.478. The van der Waals surface area contributed by atoms with E-state index < -0.39 is 0 Å². The maximum atomic E-state index is 10.6. The lowest BCUT2D eigenvalue weighted by Crippen LogP contribution is -2.22. The average Bonchev–Trinajstić information content (AvgIpc) is 1.98. The number of nitrogens with one attached hydrogen (secondary N) is 1. The number of amides is 1. The lowest BCUT2D eigenvalue weighted by molar-refractivity contribution is -0.124. The van der Waals surface area contributed by atoms with Crippen molar-refractivity contribution >= 4 is 11.7 Å². The van der Waals surface area contributed by atoms with E-state index in [1.54, 1.807) is 7.05 Å². The zero-order valence-electron chi connectivity index (χ0n) is 4.77. The molecular formula is C5H8N2O. The molecule has 44 valence electrons. The van der Waals surface area contributed by atoms with Gasteiger partial charge in [0, 0.05) is 19.9 Å². The van der Waals surface area contributed by atoms with Gasteiger partial charge < -0.3 is 4.90 Å². The molecule has 1 N–H and O–H groups in total. The van der Waals surface area contributed by atoms with Crippen LogP contribution in [0.4, 0.5) is 0 Å². The number of carbonyl (C=O) groups excluding carboxylic acids is 1. The minimum absolute atomic E-state index is 0.0648. The molecule has 0 unspecified atom stereocenters. The first-order chi connectivity index (χ1) is 3.72. The molecule has 0 aliphatic carbocycles. The van der Waals surface area contributed by atoms with Crippen molar-refractivity contribution in [2.45, 2.75) is 12.8 Å². The van der Waals surface area contributed by atoms with Crippen LogP contribution in [0.1, 0.15) is 12.8 Å². The van der Waals surface area contributed by atoms with E-state index in [1.165, 1.54) is 4.90 Å². The maximum Gasteiger partial charge on any atom is 0.228 e. The van der Waals surface area contributed by atoms with E-state index in [1.807, 2.05) is 0 Å². The van der Waals surface area contributed by atoms with E-state index in [4.69, 9.17) is 5.41 Å². The zero-order valence-corrected chi connectivity index (χ0v) is 4.77. The molecule has 0 saturated carbocycles. The fourth-order valence-corrected chi connectivity index (χ4v) is 0.711. The van der Waals surface area contributed by atoms with Gasteiger partial charge in [-0.15, -0.1) is 0 Å². The minimum Gasteiger partial charge on any atom is -0.304 e. The molecule has 1 fully saturated rings. The molecule has 3 nitrogen and oxygen atoms in total. The van der Waals surface area contributed by atoms with Gasteiger partial charge in [0.05, 0.1) is 0 Å². The topological polar surface area (TPSA) is 44.2 Å². The molecule has 1 aliphatic rings. The van der Waals surface area contributed by atoms with Crippen LogP contribution in [0.3, 0.4) is 0 Å².